The number of phenolic OH excluding ortho intramolecular Hbond substituents is 1. The number of ether oxygens (including phenoxy) is 1. The van der Waals surface area contributed by atoms with Crippen LogP contribution in [0, 0.1) is 5.92 Å². The van der Waals surface area contributed by atoms with Gasteiger partial charge >= 0.3 is 0 Å². The van der Waals surface area contributed by atoms with E-state index in [-0.39, 0.29) is 35.7 Å². The van der Waals surface area contributed by atoms with Gasteiger partial charge in [0.1, 0.15) is 17.5 Å². The Bertz CT molecular complexity index is 917. The molecule has 6 heteroatoms. The number of fused-ring (bicyclic) bond motifs is 1. The van der Waals surface area contributed by atoms with Crippen molar-refractivity contribution in [3.63, 3.8) is 0 Å². The fourth-order valence-electron chi connectivity index (χ4n) is 5.17. The summed E-state index contributed by atoms with van der Waals surface area (Å²) in [5.41, 5.74) is 8.45. The maximum Gasteiger partial charge on any atom is 0.242 e. The van der Waals surface area contributed by atoms with Gasteiger partial charge in [0.05, 0.1) is 18.7 Å². The number of carbonyl (C=O) groups is 1. The number of rotatable bonds is 11. The highest BCUT2D eigenvalue weighted by atomic mass is 16.5. The summed E-state index contributed by atoms with van der Waals surface area (Å²) in [6.45, 7) is 5.82. The summed E-state index contributed by atoms with van der Waals surface area (Å²) in [5.74, 6) is 1.22. The van der Waals surface area contributed by atoms with E-state index in [0.29, 0.717) is 0 Å². The number of hydrogen-bond donors (Lipinski definition) is 3. The Morgan fingerprint density at radius 2 is 1.64 bits per heavy atom. The molecule has 2 fully saturated rings. The normalized spacial score (nSPS) is 24.3. The zero-order chi connectivity index (χ0) is 23.2. The second kappa shape index (κ2) is 11.0. The lowest BCUT2D eigenvalue weighted by Crippen LogP contribution is -2.41. The van der Waals surface area contributed by atoms with Crippen LogP contribution in [0.1, 0.15) is 75.6 Å². The van der Waals surface area contributed by atoms with Gasteiger partial charge < -0.3 is 14.7 Å². The lowest BCUT2D eigenvalue weighted by Gasteiger charge is -2.31. The molecule has 2 aliphatic rings. The van der Waals surface area contributed by atoms with Crippen LogP contribution in [0.2, 0.25) is 0 Å². The number of hydrogen-bond acceptors (Lipinski definition) is 5. The first kappa shape index (κ1) is 23.6. The lowest BCUT2D eigenvalue weighted by molar-refractivity contribution is -0.130. The number of unbranched alkanes of at least 4 members (excludes halogenated alkanes) is 4. The molecule has 4 unspecified atom stereocenters. The summed E-state index contributed by atoms with van der Waals surface area (Å²) in [6, 6.07) is 15.1. The van der Waals surface area contributed by atoms with E-state index < -0.39 is 0 Å². The monoisotopic (exact) mass is 451 g/mol. The zero-order valence-corrected chi connectivity index (χ0v) is 19.8. The van der Waals surface area contributed by atoms with Crippen molar-refractivity contribution in [1.29, 1.82) is 0 Å². The lowest BCUT2D eigenvalue weighted by atomic mass is 9.83. The number of nitrogens with one attached hydrogen (secondary N) is 2. The fourth-order valence-corrected chi connectivity index (χ4v) is 5.17. The van der Waals surface area contributed by atoms with Crippen LogP contribution in [0.4, 0.5) is 0 Å². The molecule has 0 aliphatic carbocycles. The first-order valence-corrected chi connectivity index (χ1v) is 12.5. The summed E-state index contributed by atoms with van der Waals surface area (Å²) < 4.78 is 5.94. The van der Waals surface area contributed by atoms with Gasteiger partial charge in [0.25, 0.3) is 0 Å². The average Bonchev–Trinajstić information content (AvgIpc) is 3.37. The first-order chi connectivity index (χ1) is 16.2. The predicted octanol–water partition coefficient (Wildman–Crippen LogP) is 4.87. The summed E-state index contributed by atoms with van der Waals surface area (Å²) in [7, 11) is 0. The molecule has 4 rings (SSSR count). The van der Waals surface area contributed by atoms with Crippen molar-refractivity contribution in [1.82, 2.24) is 15.8 Å². The van der Waals surface area contributed by atoms with Crippen LogP contribution in [-0.4, -0.2) is 35.1 Å². The zero-order valence-electron chi connectivity index (χ0n) is 19.8. The van der Waals surface area contributed by atoms with Gasteiger partial charge in [-0.3, -0.25) is 4.79 Å². The number of carbonyl (C=O) groups excluding carboxylic acids is 1. The van der Waals surface area contributed by atoms with E-state index in [4.69, 9.17) is 4.74 Å². The summed E-state index contributed by atoms with van der Waals surface area (Å²) in [5, 5.41) is 10.5. The van der Waals surface area contributed by atoms with E-state index in [9.17, 15) is 9.90 Å². The highest BCUT2D eigenvalue weighted by Crippen LogP contribution is 2.48. The minimum atomic E-state index is -0.314. The van der Waals surface area contributed by atoms with Crippen LogP contribution < -0.4 is 15.6 Å². The molecule has 2 aromatic carbocycles. The SMILES string of the molecule is CCCCCCOc1ccc(C2C3C(NNC3c3ccccc3O)C(=O)N2CCCC)cc1. The Kier molecular flexibility index (Phi) is 7.89. The van der Waals surface area contributed by atoms with Crippen LogP contribution in [-0.2, 0) is 4.79 Å². The van der Waals surface area contributed by atoms with E-state index >= 15 is 0 Å². The molecule has 0 bridgehead atoms. The van der Waals surface area contributed by atoms with Crippen LogP contribution in [0.5, 0.6) is 11.5 Å². The number of nitrogens with zero attached hydrogens (tertiary/aromatic N) is 1. The van der Waals surface area contributed by atoms with Gasteiger partial charge in [0.2, 0.25) is 5.91 Å². The van der Waals surface area contributed by atoms with Crippen LogP contribution in [0.3, 0.4) is 0 Å². The molecule has 3 N–H and O–H groups in total. The third-order valence-electron chi connectivity index (χ3n) is 6.93. The van der Waals surface area contributed by atoms with Crippen molar-refractivity contribution in [2.24, 2.45) is 5.92 Å². The molecule has 1 amide bonds. The van der Waals surface area contributed by atoms with E-state index in [1.165, 1.54) is 19.3 Å². The smallest absolute Gasteiger partial charge is 0.242 e. The van der Waals surface area contributed by atoms with Crippen LogP contribution >= 0.6 is 0 Å². The van der Waals surface area contributed by atoms with E-state index in [2.05, 4.69) is 36.8 Å². The highest BCUT2D eigenvalue weighted by Gasteiger charge is 2.55. The molecule has 33 heavy (non-hydrogen) atoms. The average molecular weight is 452 g/mol. The van der Waals surface area contributed by atoms with Crippen molar-refractivity contribution in [2.75, 3.05) is 13.2 Å². The number of para-hydroxylation sites is 1. The van der Waals surface area contributed by atoms with Gasteiger partial charge in [-0.1, -0.05) is 69.9 Å². The van der Waals surface area contributed by atoms with Crippen molar-refractivity contribution in [3.05, 3.63) is 59.7 Å². The standard InChI is InChI=1S/C27H37N3O3/c1-3-5-7-10-18-33-20-15-13-19(14-16-20)26-23-24(21-11-8-9-12-22(21)31)28-29-25(23)27(32)30(26)17-6-4-2/h8-9,11-16,23-26,28-29,31H,3-7,10,17-18H2,1-2H3. The second-order valence-corrected chi connectivity index (χ2v) is 9.19. The van der Waals surface area contributed by atoms with Crippen molar-refractivity contribution in [3.8, 4) is 11.5 Å². The third kappa shape index (κ3) is 5.02. The Hall–Kier alpha value is -2.57. The predicted molar refractivity (Wildman–Crippen MR) is 130 cm³/mol. The Balaban J connectivity index is 1.57. The van der Waals surface area contributed by atoms with Gasteiger partial charge in [0.15, 0.2) is 0 Å². The van der Waals surface area contributed by atoms with Gasteiger partial charge in [-0.05, 0) is 36.6 Å². The van der Waals surface area contributed by atoms with Crippen molar-refractivity contribution in [2.45, 2.75) is 70.5 Å². The van der Waals surface area contributed by atoms with E-state index in [0.717, 1.165) is 49.3 Å². The molecule has 0 saturated carbocycles. The molecule has 178 valence electrons. The topological polar surface area (TPSA) is 73.8 Å². The second-order valence-electron chi connectivity index (χ2n) is 9.19. The molecule has 2 aliphatic heterocycles. The number of likely N-dealkylation sites (tertiary alicyclic amines) is 1. The molecular weight excluding hydrogens is 414 g/mol. The molecule has 0 radical (unpaired) electrons. The molecule has 6 nitrogen and oxygen atoms in total. The number of hydrazine groups is 1. The Morgan fingerprint density at radius 1 is 0.909 bits per heavy atom. The van der Waals surface area contributed by atoms with E-state index in [1.807, 2.05) is 35.2 Å². The molecule has 0 spiro atoms. The molecule has 2 saturated heterocycles. The number of benzene rings is 2. The van der Waals surface area contributed by atoms with Crippen LogP contribution in [0.15, 0.2) is 48.5 Å². The van der Waals surface area contributed by atoms with Crippen LogP contribution in [0.25, 0.3) is 0 Å². The Labute approximate surface area is 197 Å². The van der Waals surface area contributed by atoms with Gasteiger partial charge in [-0.15, -0.1) is 0 Å². The maximum atomic E-state index is 13.4. The fraction of sp³-hybridized carbons (Fsp3) is 0.519. The molecule has 2 aromatic rings. The van der Waals surface area contributed by atoms with Gasteiger partial charge in [-0.2, -0.15) is 0 Å². The molecule has 2 heterocycles. The summed E-state index contributed by atoms with van der Waals surface area (Å²) >= 11 is 0. The molecule has 4 atom stereocenters. The first-order valence-electron chi connectivity index (χ1n) is 12.5. The number of amides is 1. The third-order valence-corrected chi connectivity index (χ3v) is 6.93. The Morgan fingerprint density at radius 3 is 2.36 bits per heavy atom. The van der Waals surface area contributed by atoms with Crippen molar-refractivity contribution >= 4 is 5.91 Å². The number of aromatic hydroxyl groups is 1. The molecular formula is C27H37N3O3. The minimum absolute atomic E-state index is 0.0246. The van der Waals surface area contributed by atoms with Gasteiger partial charge in [-0.25, -0.2) is 10.9 Å². The summed E-state index contributed by atoms with van der Waals surface area (Å²) in [4.78, 5) is 15.4. The number of phenols is 1. The van der Waals surface area contributed by atoms with Gasteiger partial charge in [0, 0.05) is 18.0 Å². The molecule has 0 aromatic heterocycles. The quantitative estimate of drug-likeness (QED) is 0.425. The van der Waals surface area contributed by atoms with E-state index in [1.54, 1.807) is 6.07 Å². The van der Waals surface area contributed by atoms with Crippen molar-refractivity contribution < 1.29 is 14.6 Å². The summed E-state index contributed by atoms with van der Waals surface area (Å²) in [6.07, 6.45) is 6.73. The largest absolute Gasteiger partial charge is 0.508 e. The highest BCUT2D eigenvalue weighted by molar-refractivity contribution is 5.86. The minimum Gasteiger partial charge on any atom is -0.508 e. The maximum absolute atomic E-state index is 13.4.